The third-order valence-electron chi connectivity index (χ3n) is 3.11. The molecule has 0 radical (unpaired) electrons. The lowest BCUT2D eigenvalue weighted by Crippen LogP contribution is -2.07. The number of carboxylic acids is 1. The first-order valence-electron chi connectivity index (χ1n) is 6.04. The quantitative estimate of drug-likeness (QED) is 0.849. The zero-order chi connectivity index (χ0) is 15.6. The van der Waals surface area contributed by atoms with Crippen LogP contribution in [0.1, 0.15) is 21.6 Å². The number of nitrogens with zero attached hydrogens (tertiary/aromatic N) is 1. The highest BCUT2D eigenvalue weighted by Gasteiger charge is 2.20. The van der Waals surface area contributed by atoms with Crippen molar-refractivity contribution in [2.24, 2.45) is 0 Å². The van der Waals surface area contributed by atoms with Crippen LogP contribution in [0, 0.1) is 22.9 Å². The molecule has 0 saturated carbocycles. The summed E-state index contributed by atoms with van der Waals surface area (Å²) in [6, 6.07) is 8.80. The molecule has 5 nitrogen and oxygen atoms in total. The average Bonchev–Trinajstić information content (AvgIpc) is 2.46. The number of aromatic amines is 1. The van der Waals surface area contributed by atoms with Crippen LogP contribution in [0.5, 0.6) is 5.75 Å². The molecule has 0 aliphatic heterocycles. The van der Waals surface area contributed by atoms with E-state index >= 15 is 0 Å². The summed E-state index contributed by atoms with van der Waals surface area (Å²) in [5.74, 6) is -0.465. The van der Waals surface area contributed by atoms with Crippen LogP contribution in [-0.2, 0) is 0 Å². The number of pyridine rings is 1. The number of carboxylic acid groups (broad SMARTS) is 1. The van der Waals surface area contributed by atoms with Gasteiger partial charge in [0, 0.05) is 11.3 Å². The van der Waals surface area contributed by atoms with Gasteiger partial charge in [0.1, 0.15) is 16.5 Å². The zero-order valence-electron chi connectivity index (χ0n) is 11.4. The number of hydrogen-bond donors (Lipinski definition) is 2. The first-order valence-corrected chi connectivity index (χ1v) is 6.45. The number of aryl methyl sites for hydroxylation is 1. The van der Waals surface area contributed by atoms with Crippen molar-refractivity contribution in [3.8, 4) is 22.9 Å². The molecule has 6 heteroatoms. The van der Waals surface area contributed by atoms with Crippen molar-refractivity contribution in [3.63, 3.8) is 0 Å². The van der Waals surface area contributed by atoms with Gasteiger partial charge in [-0.1, -0.05) is 24.4 Å². The number of methoxy groups -OCH3 is 1. The van der Waals surface area contributed by atoms with Gasteiger partial charge in [0.25, 0.3) is 0 Å². The summed E-state index contributed by atoms with van der Waals surface area (Å²) in [6.45, 7) is 1.62. The number of nitriles is 1. The number of carbonyl (C=O) groups is 1. The van der Waals surface area contributed by atoms with Gasteiger partial charge in [-0.3, -0.25) is 0 Å². The highest BCUT2D eigenvalue weighted by atomic mass is 32.1. The number of hydrogen-bond acceptors (Lipinski definition) is 4. The van der Waals surface area contributed by atoms with Gasteiger partial charge in [0.15, 0.2) is 0 Å². The lowest BCUT2D eigenvalue weighted by Gasteiger charge is -2.12. The summed E-state index contributed by atoms with van der Waals surface area (Å²) in [6.07, 6.45) is 0. The van der Waals surface area contributed by atoms with Crippen LogP contribution in [0.15, 0.2) is 24.3 Å². The molecule has 0 saturated heterocycles. The lowest BCUT2D eigenvalue weighted by atomic mass is 9.95. The van der Waals surface area contributed by atoms with E-state index in [1.165, 1.54) is 0 Å². The molecular formula is C15H12N2O3S. The number of benzene rings is 1. The van der Waals surface area contributed by atoms with Gasteiger partial charge >= 0.3 is 5.97 Å². The summed E-state index contributed by atoms with van der Waals surface area (Å²) in [5, 5.41) is 18.7. The summed E-state index contributed by atoms with van der Waals surface area (Å²) < 4.78 is 5.31. The lowest BCUT2D eigenvalue weighted by molar-refractivity contribution is 0.0696. The molecule has 0 unspecified atom stereocenters. The van der Waals surface area contributed by atoms with Gasteiger partial charge in [0.05, 0.1) is 18.2 Å². The van der Waals surface area contributed by atoms with Crippen molar-refractivity contribution in [3.05, 3.63) is 45.7 Å². The van der Waals surface area contributed by atoms with Crippen LogP contribution in [0.3, 0.4) is 0 Å². The van der Waals surface area contributed by atoms with Gasteiger partial charge in [-0.25, -0.2) is 4.79 Å². The maximum atomic E-state index is 11.5. The van der Waals surface area contributed by atoms with Crippen molar-refractivity contribution in [1.82, 2.24) is 4.98 Å². The molecule has 1 heterocycles. The first kappa shape index (κ1) is 14.8. The average molecular weight is 300 g/mol. The van der Waals surface area contributed by atoms with E-state index in [1.54, 1.807) is 38.3 Å². The predicted molar refractivity (Wildman–Crippen MR) is 80.0 cm³/mol. The Balaban J connectivity index is 2.84. The van der Waals surface area contributed by atoms with Crippen LogP contribution in [0.25, 0.3) is 11.1 Å². The predicted octanol–water partition coefficient (Wildman–Crippen LogP) is 3.30. The standard InChI is InChI=1S/C15H12N2O3S/c1-8-12(15(18)19)13(11(7-16)14(21)17-8)9-3-5-10(20-2)6-4-9/h3-6H,1-2H3,(H,17,21)(H,18,19). The third-order valence-corrected chi connectivity index (χ3v) is 3.41. The van der Waals surface area contributed by atoms with Crippen LogP contribution in [-0.4, -0.2) is 23.2 Å². The van der Waals surface area contributed by atoms with Gasteiger partial charge < -0.3 is 14.8 Å². The molecule has 2 N–H and O–H groups in total. The molecule has 0 spiro atoms. The Morgan fingerprint density at radius 1 is 1.38 bits per heavy atom. The van der Waals surface area contributed by atoms with Crippen molar-refractivity contribution >= 4 is 18.2 Å². The van der Waals surface area contributed by atoms with Crippen molar-refractivity contribution in [2.75, 3.05) is 7.11 Å². The van der Waals surface area contributed by atoms with E-state index in [9.17, 15) is 15.2 Å². The van der Waals surface area contributed by atoms with E-state index in [-0.39, 0.29) is 15.8 Å². The van der Waals surface area contributed by atoms with E-state index in [0.717, 1.165) is 0 Å². The molecule has 1 aromatic carbocycles. The Morgan fingerprint density at radius 2 is 2.00 bits per heavy atom. The molecule has 0 amide bonds. The summed E-state index contributed by atoms with van der Waals surface area (Å²) in [7, 11) is 1.54. The minimum absolute atomic E-state index is 0.0466. The van der Waals surface area contributed by atoms with E-state index in [0.29, 0.717) is 22.6 Å². The Hall–Kier alpha value is -2.65. The number of ether oxygens (including phenoxy) is 1. The molecular weight excluding hydrogens is 288 g/mol. The third kappa shape index (κ3) is 2.64. The highest BCUT2D eigenvalue weighted by Crippen LogP contribution is 2.31. The van der Waals surface area contributed by atoms with Gasteiger partial charge in [-0.2, -0.15) is 5.26 Å². The fourth-order valence-corrected chi connectivity index (χ4v) is 2.44. The molecule has 0 bridgehead atoms. The Morgan fingerprint density at radius 3 is 2.48 bits per heavy atom. The van der Waals surface area contributed by atoms with Gasteiger partial charge in [-0.05, 0) is 24.6 Å². The minimum Gasteiger partial charge on any atom is -0.497 e. The molecule has 0 atom stereocenters. The van der Waals surface area contributed by atoms with Gasteiger partial charge in [-0.15, -0.1) is 0 Å². The number of nitrogens with one attached hydrogen (secondary N) is 1. The molecule has 2 rings (SSSR count). The molecule has 0 fully saturated rings. The van der Waals surface area contributed by atoms with Gasteiger partial charge in [0.2, 0.25) is 0 Å². The normalized spacial score (nSPS) is 9.95. The SMILES string of the molecule is COc1ccc(-c2c(C(=O)O)c(C)[nH]c(=S)c2C#N)cc1. The minimum atomic E-state index is -1.11. The highest BCUT2D eigenvalue weighted by molar-refractivity contribution is 7.71. The smallest absolute Gasteiger partial charge is 0.338 e. The van der Waals surface area contributed by atoms with Crippen LogP contribution in [0.4, 0.5) is 0 Å². The number of rotatable bonds is 3. The second-order valence-electron chi connectivity index (χ2n) is 4.35. The maximum Gasteiger partial charge on any atom is 0.338 e. The maximum absolute atomic E-state index is 11.5. The molecule has 2 aromatic rings. The second kappa shape index (κ2) is 5.77. The Kier molecular flexibility index (Phi) is 4.05. The number of aromatic nitrogens is 1. The summed E-state index contributed by atoms with van der Waals surface area (Å²) in [5.41, 5.74) is 1.54. The Labute approximate surface area is 126 Å². The number of aromatic carboxylic acids is 1. The van der Waals surface area contributed by atoms with E-state index in [4.69, 9.17) is 17.0 Å². The van der Waals surface area contributed by atoms with E-state index in [2.05, 4.69) is 4.98 Å². The molecule has 0 aliphatic carbocycles. The topological polar surface area (TPSA) is 86.1 Å². The van der Waals surface area contributed by atoms with Crippen molar-refractivity contribution < 1.29 is 14.6 Å². The molecule has 21 heavy (non-hydrogen) atoms. The molecule has 106 valence electrons. The van der Waals surface area contributed by atoms with Crippen molar-refractivity contribution in [2.45, 2.75) is 6.92 Å². The fourth-order valence-electron chi connectivity index (χ4n) is 2.14. The molecule has 0 aliphatic rings. The fraction of sp³-hybridized carbons (Fsp3) is 0.133. The second-order valence-corrected chi connectivity index (χ2v) is 4.76. The Bertz CT molecular complexity index is 801. The van der Waals surface area contributed by atoms with Crippen LogP contribution < -0.4 is 4.74 Å². The largest absolute Gasteiger partial charge is 0.497 e. The first-order chi connectivity index (χ1) is 9.99. The van der Waals surface area contributed by atoms with E-state index in [1.807, 2.05) is 6.07 Å². The van der Waals surface area contributed by atoms with Crippen LogP contribution >= 0.6 is 12.2 Å². The van der Waals surface area contributed by atoms with Crippen molar-refractivity contribution in [1.29, 1.82) is 5.26 Å². The zero-order valence-corrected chi connectivity index (χ0v) is 12.2. The summed E-state index contributed by atoms with van der Waals surface area (Å²) in [4.78, 5) is 14.3. The molecule has 1 aromatic heterocycles. The summed E-state index contributed by atoms with van der Waals surface area (Å²) >= 11 is 5.13. The monoisotopic (exact) mass is 300 g/mol. The van der Waals surface area contributed by atoms with Crippen LogP contribution in [0.2, 0.25) is 0 Å². The van der Waals surface area contributed by atoms with E-state index < -0.39 is 5.97 Å². The number of H-pyrrole nitrogens is 1.